The van der Waals surface area contributed by atoms with Crippen molar-refractivity contribution in [2.45, 2.75) is 12.6 Å². The molecule has 0 saturated heterocycles. The molecule has 0 bridgehead atoms. The highest BCUT2D eigenvalue weighted by atomic mass is 19.4. The third-order valence-corrected chi connectivity index (χ3v) is 4.13. The summed E-state index contributed by atoms with van der Waals surface area (Å²) in [6, 6.07) is 14.6. The molecule has 6 nitrogen and oxygen atoms in total. The number of benzene rings is 3. The number of hydrogen-bond acceptors (Lipinski definition) is 4. The molecule has 3 aromatic carbocycles. The van der Waals surface area contributed by atoms with E-state index in [9.17, 15) is 27.9 Å². The summed E-state index contributed by atoms with van der Waals surface area (Å²) in [5, 5.41) is 17.6. The van der Waals surface area contributed by atoms with Gasteiger partial charge in [0.2, 0.25) is 11.8 Å². The highest BCUT2D eigenvalue weighted by Crippen LogP contribution is 2.30. The van der Waals surface area contributed by atoms with Gasteiger partial charge < -0.3 is 10.4 Å². The highest BCUT2D eigenvalue weighted by Gasteiger charge is 2.30. The number of phenolic OH excluding ortho intramolecular Hbond substituents is 1. The van der Waals surface area contributed by atoms with E-state index in [0.717, 1.165) is 29.0 Å². The number of alkyl halides is 3. The molecule has 0 aliphatic carbocycles. The maximum atomic E-state index is 12.7. The number of carbonyl (C=O) groups is 2. The van der Waals surface area contributed by atoms with E-state index < -0.39 is 30.0 Å². The van der Waals surface area contributed by atoms with Crippen molar-refractivity contribution in [3.8, 4) is 5.75 Å². The lowest BCUT2D eigenvalue weighted by molar-refractivity contribution is -0.137. The van der Waals surface area contributed by atoms with Crippen molar-refractivity contribution in [3.63, 3.8) is 0 Å². The fourth-order valence-electron chi connectivity index (χ4n) is 2.75. The van der Waals surface area contributed by atoms with Crippen LogP contribution in [0.4, 0.5) is 18.9 Å². The van der Waals surface area contributed by atoms with Gasteiger partial charge in [-0.3, -0.25) is 9.59 Å². The topological polar surface area (TPSA) is 90.8 Å². The molecule has 3 N–H and O–H groups in total. The summed E-state index contributed by atoms with van der Waals surface area (Å²) in [5.41, 5.74) is 1.55. The minimum absolute atomic E-state index is 0.0333. The number of aromatic hydroxyl groups is 1. The van der Waals surface area contributed by atoms with E-state index in [1.54, 1.807) is 18.2 Å². The van der Waals surface area contributed by atoms with Crippen LogP contribution < -0.4 is 10.7 Å². The van der Waals surface area contributed by atoms with E-state index in [0.29, 0.717) is 5.56 Å². The molecule has 3 aromatic rings. The van der Waals surface area contributed by atoms with E-state index in [2.05, 4.69) is 15.8 Å². The van der Waals surface area contributed by atoms with Gasteiger partial charge in [-0.2, -0.15) is 18.3 Å². The monoisotopic (exact) mass is 415 g/mol. The number of halogens is 3. The summed E-state index contributed by atoms with van der Waals surface area (Å²) in [5.74, 6) is -1.60. The van der Waals surface area contributed by atoms with Gasteiger partial charge in [0, 0.05) is 11.3 Å². The van der Waals surface area contributed by atoms with Crippen LogP contribution >= 0.6 is 0 Å². The number of anilines is 1. The molecule has 30 heavy (non-hydrogen) atoms. The average Bonchev–Trinajstić information content (AvgIpc) is 2.69. The number of carbonyl (C=O) groups excluding carboxylic acids is 2. The van der Waals surface area contributed by atoms with Crippen molar-refractivity contribution in [2.75, 3.05) is 5.32 Å². The Kier molecular flexibility index (Phi) is 6.01. The van der Waals surface area contributed by atoms with Crippen LogP contribution in [0, 0.1) is 0 Å². The number of amides is 2. The molecule has 0 aromatic heterocycles. The lowest BCUT2D eigenvalue weighted by Crippen LogP contribution is -2.24. The van der Waals surface area contributed by atoms with E-state index in [1.165, 1.54) is 18.3 Å². The van der Waals surface area contributed by atoms with Crippen molar-refractivity contribution in [3.05, 3.63) is 71.8 Å². The quantitative estimate of drug-likeness (QED) is 0.334. The summed E-state index contributed by atoms with van der Waals surface area (Å²) in [4.78, 5) is 23.8. The van der Waals surface area contributed by atoms with Gasteiger partial charge in [0.1, 0.15) is 12.2 Å². The Labute approximate surface area is 169 Å². The summed E-state index contributed by atoms with van der Waals surface area (Å²) < 4.78 is 38.1. The molecule has 0 radical (unpaired) electrons. The van der Waals surface area contributed by atoms with Crippen molar-refractivity contribution in [2.24, 2.45) is 5.10 Å². The minimum Gasteiger partial charge on any atom is -0.507 e. The second kappa shape index (κ2) is 8.64. The first-order valence-corrected chi connectivity index (χ1v) is 8.74. The van der Waals surface area contributed by atoms with Crippen molar-refractivity contribution < 1.29 is 27.9 Å². The fraction of sp³-hybridized carbons (Fsp3) is 0.0952. The summed E-state index contributed by atoms with van der Waals surface area (Å²) in [6.45, 7) is 0. The van der Waals surface area contributed by atoms with Gasteiger partial charge in [0.05, 0.1) is 11.8 Å². The molecule has 0 saturated carbocycles. The molecular formula is C21H16F3N3O3. The molecule has 0 aliphatic heterocycles. The Morgan fingerprint density at radius 1 is 1.00 bits per heavy atom. The minimum atomic E-state index is -4.54. The Bertz CT molecular complexity index is 1130. The normalized spacial score (nSPS) is 11.6. The average molecular weight is 415 g/mol. The molecule has 9 heteroatoms. The van der Waals surface area contributed by atoms with Crippen LogP contribution in [0.15, 0.2) is 65.8 Å². The van der Waals surface area contributed by atoms with Crippen LogP contribution in [-0.4, -0.2) is 23.1 Å². The molecule has 0 fully saturated rings. The number of nitrogens with zero attached hydrogens (tertiary/aromatic N) is 1. The Morgan fingerprint density at radius 2 is 1.77 bits per heavy atom. The lowest BCUT2D eigenvalue weighted by Gasteiger charge is -2.09. The van der Waals surface area contributed by atoms with Crippen LogP contribution in [0.3, 0.4) is 0 Å². The maximum Gasteiger partial charge on any atom is 0.416 e. The fourth-order valence-corrected chi connectivity index (χ4v) is 2.75. The van der Waals surface area contributed by atoms with Crippen molar-refractivity contribution >= 4 is 34.5 Å². The first kappa shape index (κ1) is 20.8. The molecule has 0 unspecified atom stereocenters. The smallest absolute Gasteiger partial charge is 0.416 e. The first-order chi connectivity index (χ1) is 14.2. The third-order valence-electron chi connectivity index (χ3n) is 4.13. The van der Waals surface area contributed by atoms with Gasteiger partial charge in [-0.05, 0) is 35.0 Å². The molecular weight excluding hydrogens is 399 g/mol. The molecule has 0 atom stereocenters. The van der Waals surface area contributed by atoms with Crippen LogP contribution in [0.25, 0.3) is 10.8 Å². The number of hydrogen-bond donors (Lipinski definition) is 3. The zero-order valence-electron chi connectivity index (χ0n) is 15.4. The maximum absolute atomic E-state index is 12.7. The molecule has 154 valence electrons. The van der Waals surface area contributed by atoms with Crippen LogP contribution in [-0.2, 0) is 15.8 Å². The van der Waals surface area contributed by atoms with Crippen LogP contribution in [0.1, 0.15) is 17.5 Å². The van der Waals surface area contributed by atoms with E-state index in [-0.39, 0.29) is 11.4 Å². The zero-order chi connectivity index (χ0) is 21.7. The van der Waals surface area contributed by atoms with Gasteiger partial charge in [-0.25, -0.2) is 5.43 Å². The number of nitrogens with one attached hydrogen (secondary N) is 2. The van der Waals surface area contributed by atoms with E-state index >= 15 is 0 Å². The molecule has 0 spiro atoms. The largest absolute Gasteiger partial charge is 0.507 e. The van der Waals surface area contributed by atoms with Gasteiger partial charge >= 0.3 is 6.18 Å². The second-order valence-corrected chi connectivity index (χ2v) is 6.32. The van der Waals surface area contributed by atoms with Crippen LogP contribution in [0.2, 0.25) is 0 Å². The van der Waals surface area contributed by atoms with Crippen molar-refractivity contribution in [1.29, 1.82) is 0 Å². The Balaban J connectivity index is 1.60. The van der Waals surface area contributed by atoms with Crippen molar-refractivity contribution in [1.82, 2.24) is 5.43 Å². The number of phenols is 1. The van der Waals surface area contributed by atoms with Gasteiger partial charge in [-0.15, -0.1) is 0 Å². The molecule has 0 heterocycles. The second-order valence-electron chi connectivity index (χ2n) is 6.32. The summed E-state index contributed by atoms with van der Waals surface area (Å²) in [7, 11) is 0. The van der Waals surface area contributed by atoms with E-state index in [4.69, 9.17) is 0 Å². The van der Waals surface area contributed by atoms with Gasteiger partial charge in [0.15, 0.2) is 0 Å². The number of hydrazone groups is 1. The lowest BCUT2D eigenvalue weighted by atomic mass is 10.0. The zero-order valence-corrected chi connectivity index (χ0v) is 15.4. The standard InChI is InChI=1S/C21H16F3N3O3/c22-21(23,24)14-5-3-6-15(10-14)26-19(29)11-20(30)27-25-12-17-16-7-2-1-4-13(16)8-9-18(17)28/h1-10,12,28H,11H2,(H,26,29)(H,27,30). The third kappa shape index (κ3) is 5.13. The Morgan fingerprint density at radius 3 is 2.53 bits per heavy atom. The summed E-state index contributed by atoms with van der Waals surface area (Å²) in [6.07, 6.45) is -3.94. The first-order valence-electron chi connectivity index (χ1n) is 8.74. The SMILES string of the molecule is O=C(CC(=O)Nc1cccc(C(F)(F)F)c1)NN=Cc1c(O)ccc2ccccc12. The highest BCUT2D eigenvalue weighted by molar-refractivity contribution is 6.05. The summed E-state index contributed by atoms with van der Waals surface area (Å²) >= 11 is 0. The number of rotatable bonds is 5. The van der Waals surface area contributed by atoms with Crippen LogP contribution in [0.5, 0.6) is 5.75 Å². The van der Waals surface area contributed by atoms with Gasteiger partial charge in [0.25, 0.3) is 0 Å². The Hall–Kier alpha value is -3.88. The molecule has 0 aliphatic rings. The predicted molar refractivity (Wildman–Crippen MR) is 106 cm³/mol. The predicted octanol–water partition coefficient (Wildman–Crippen LogP) is 4.04. The van der Waals surface area contributed by atoms with E-state index in [1.807, 2.05) is 12.1 Å². The van der Waals surface area contributed by atoms with Gasteiger partial charge in [-0.1, -0.05) is 36.4 Å². The molecule has 2 amide bonds. The molecule has 3 rings (SSSR count). The number of fused-ring (bicyclic) bond motifs is 1.